The van der Waals surface area contributed by atoms with E-state index in [9.17, 15) is 19.1 Å². The van der Waals surface area contributed by atoms with Crippen molar-refractivity contribution in [3.63, 3.8) is 0 Å². The number of carbonyl (C=O) groups is 2. The molecule has 1 aliphatic rings. The van der Waals surface area contributed by atoms with E-state index in [0.29, 0.717) is 31.3 Å². The number of hydrogen-bond donors (Lipinski definition) is 1. The number of para-hydroxylation sites is 1. The number of carboxylic acid groups (broad SMARTS) is 1. The summed E-state index contributed by atoms with van der Waals surface area (Å²) < 4.78 is 24.8. The first-order valence-electron chi connectivity index (χ1n) is 10.4. The maximum atomic E-state index is 14.1. The fraction of sp³-hybridized carbons (Fsp3) is 0.391. The molecule has 0 aliphatic carbocycles. The molecule has 3 rings (SSSR count). The second-order valence-corrected chi connectivity index (χ2v) is 7.90. The van der Waals surface area contributed by atoms with Gasteiger partial charge in [0.25, 0.3) is 5.91 Å². The third kappa shape index (κ3) is 6.91. The third-order valence-electron chi connectivity index (χ3n) is 5.18. The first kappa shape index (κ1) is 24.0. The molecule has 0 atom stereocenters. The van der Waals surface area contributed by atoms with Crippen molar-refractivity contribution in [1.82, 2.24) is 9.80 Å². The fourth-order valence-electron chi connectivity index (χ4n) is 3.46. The molecule has 7 nitrogen and oxygen atoms in total. The second-order valence-electron chi connectivity index (χ2n) is 7.46. The molecule has 0 radical (unpaired) electrons. The van der Waals surface area contributed by atoms with Crippen molar-refractivity contribution in [2.45, 2.75) is 13.0 Å². The molecule has 1 saturated heterocycles. The van der Waals surface area contributed by atoms with Gasteiger partial charge in [0.2, 0.25) is 0 Å². The van der Waals surface area contributed by atoms with E-state index in [2.05, 4.69) is 4.90 Å². The lowest BCUT2D eigenvalue weighted by Gasteiger charge is -2.28. The molecule has 0 spiro atoms. The number of rotatable bonds is 10. The third-order valence-corrected chi connectivity index (χ3v) is 5.43. The molecule has 1 aliphatic heterocycles. The first-order valence-corrected chi connectivity index (χ1v) is 10.8. The fourth-order valence-corrected chi connectivity index (χ4v) is 3.59. The summed E-state index contributed by atoms with van der Waals surface area (Å²) in [4.78, 5) is 28.2. The summed E-state index contributed by atoms with van der Waals surface area (Å²) in [6.07, 6.45) is 0.749. The molecule has 1 amide bonds. The van der Waals surface area contributed by atoms with Crippen LogP contribution in [-0.2, 0) is 16.1 Å². The second kappa shape index (κ2) is 11.8. The number of halogens is 2. The molecular formula is C23H26ClFN2O5. The Morgan fingerprint density at radius 1 is 1.16 bits per heavy atom. The van der Waals surface area contributed by atoms with E-state index in [-0.39, 0.29) is 11.5 Å². The van der Waals surface area contributed by atoms with Crippen LogP contribution in [0, 0.1) is 5.82 Å². The normalized spacial score (nSPS) is 14.2. The van der Waals surface area contributed by atoms with Crippen LogP contribution in [0.3, 0.4) is 0 Å². The van der Waals surface area contributed by atoms with Crippen LogP contribution in [0.15, 0.2) is 42.5 Å². The van der Waals surface area contributed by atoms with Gasteiger partial charge >= 0.3 is 5.97 Å². The van der Waals surface area contributed by atoms with Crippen LogP contribution in [0.2, 0.25) is 5.02 Å². The van der Waals surface area contributed by atoms with Crippen LogP contribution in [0.1, 0.15) is 22.3 Å². The zero-order valence-corrected chi connectivity index (χ0v) is 18.4. The molecule has 1 N–H and O–H groups in total. The predicted octanol–water partition coefficient (Wildman–Crippen LogP) is 3.31. The minimum Gasteiger partial charge on any atom is -0.480 e. The van der Waals surface area contributed by atoms with Crippen molar-refractivity contribution in [3.8, 4) is 5.75 Å². The summed E-state index contributed by atoms with van der Waals surface area (Å²) in [5, 5.41) is 9.86. The SMILES string of the molecule is O=C(O)c1cccc(F)c1OCC(=O)N(CCCN1CCOCC1)Cc1ccc(Cl)cc1. The molecule has 1 fully saturated rings. The number of morpholine rings is 1. The number of amides is 1. The number of ether oxygens (including phenoxy) is 2. The van der Waals surface area contributed by atoms with Crippen molar-refractivity contribution < 1.29 is 28.6 Å². The molecule has 172 valence electrons. The van der Waals surface area contributed by atoms with Gasteiger partial charge in [-0.1, -0.05) is 29.8 Å². The molecule has 9 heteroatoms. The van der Waals surface area contributed by atoms with Gasteiger partial charge in [-0.3, -0.25) is 9.69 Å². The van der Waals surface area contributed by atoms with Crippen LogP contribution < -0.4 is 4.74 Å². The molecule has 0 saturated carbocycles. The van der Waals surface area contributed by atoms with Gasteiger partial charge in [-0.05, 0) is 36.2 Å². The van der Waals surface area contributed by atoms with Gasteiger partial charge in [-0.2, -0.15) is 0 Å². The van der Waals surface area contributed by atoms with Crippen molar-refractivity contribution in [2.24, 2.45) is 0 Å². The monoisotopic (exact) mass is 464 g/mol. The first-order chi connectivity index (χ1) is 15.4. The highest BCUT2D eigenvalue weighted by Crippen LogP contribution is 2.23. The van der Waals surface area contributed by atoms with E-state index in [4.69, 9.17) is 21.1 Å². The lowest BCUT2D eigenvalue weighted by molar-refractivity contribution is -0.134. The smallest absolute Gasteiger partial charge is 0.339 e. The van der Waals surface area contributed by atoms with E-state index in [0.717, 1.165) is 37.7 Å². The van der Waals surface area contributed by atoms with Crippen molar-refractivity contribution in [3.05, 3.63) is 64.4 Å². The van der Waals surface area contributed by atoms with Gasteiger partial charge in [0.1, 0.15) is 5.56 Å². The number of carbonyl (C=O) groups excluding carboxylic acids is 1. The van der Waals surface area contributed by atoms with E-state index >= 15 is 0 Å². The Morgan fingerprint density at radius 2 is 1.88 bits per heavy atom. The van der Waals surface area contributed by atoms with Gasteiger partial charge in [-0.15, -0.1) is 0 Å². The number of benzene rings is 2. The Hall–Kier alpha value is -2.68. The summed E-state index contributed by atoms with van der Waals surface area (Å²) >= 11 is 5.95. The number of carboxylic acids is 1. The largest absolute Gasteiger partial charge is 0.480 e. The van der Waals surface area contributed by atoms with Crippen LogP contribution >= 0.6 is 11.6 Å². The minimum atomic E-state index is -1.32. The van der Waals surface area contributed by atoms with Gasteiger partial charge in [-0.25, -0.2) is 9.18 Å². The summed E-state index contributed by atoms with van der Waals surface area (Å²) in [6.45, 7) is 4.30. The highest BCUT2D eigenvalue weighted by molar-refractivity contribution is 6.30. The van der Waals surface area contributed by atoms with Crippen LogP contribution in [0.5, 0.6) is 5.75 Å². The zero-order chi connectivity index (χ0) is 22.9. The minimum absolute atomic E-state index is 0.325. The molecule has 2 aromatic carbocycles. The van der Waals surface area contributed by atoms with Gasteiger partial charge in [0.05, 0.1) is 13.2 Å². The number of nitrogens with zero attached hydrogens (tertiary/aromatic N) is 2. The van der Waals surface area contributed by atoms with Crippen molar-refractivity contribution >= 4 is 23.5 Å². The average Bonchev–Trinajstić information content (AvgIpc) is 2.79. The quantitative estimate of drug-likeness (QED) is 0.581. The van der Waals surface area contributed by atoms with Gasteiger partial charge in [0, 0.05) is 37.7 Å². The van der Waals surface area contributed by atoms with Crippen molar-refractivity contribution in [1.29, 1.82) is 0 Å². The Balaban J connectivity index is 1.65. The highest BCUT2D eigenvalue weighted by atomic mass is 35.5. The maximum absolute atomic E-state index is 14.1. The molecule has 0 aromatic heterocycles. The Bertz CT molecular complexity index is 919. The zero-order valence-electron chi connectivity index (χ0n) is 17.6. The summed E-state index contributed by atoms with van der Waals surface area (Å²) in [5.41, 5.74) is 0.570. The standard InChI is InChI=1S/C23H26ClFN2O5/c24-18-7-5-17(6-8-18)15-27(10-2-9-26-11-13-31-14-12-26)21(28)16-32-22-19(23(29)30)3-1-4-20(22)25/h1,3-8H,2,9-16H2,(H,29,30). The summed E-state index contributed by atoms with van der Waals surface area (Å²) in [5.74, 6) is -2.95. The average molecular weight is 465 g/mol. The van der Waals surface area contributed by atoms with Gasteiger partial charge < -0.3 is 19.5 Å². The molecule has 0 bridgehead atoms. The molecule has 32 heavy (non-hydrogen) atoms. The van der Waals surface area contributed by atoms with Crippen LogP contribution in [0.25, 0.3) is 0 Å². The van der Waals surface area contributed by atoms with Gasteiger partial charge in [0.15, 0.2) is 18.2 Å². The Morgan fingerprint density at radius 3 is 2.56 bits per heavy atom. The Kier molecular flexibility index (Phi) is 8.84. The van der Waals surface area contributed by atoms with Crippen LogP contribution in [0.4, 0.5) is 4.39 Å². The highest BCUT2D eigenvalue weighted by Gasteiger charge is 2.20. The lowest BCUT2D eigenvalue weighted by Crippen LogP contribution is -2.40. The topological polar surface area (TPSA) is 79.3 Å². The Labute approximate surface area is 191 Å². The summed E-state index contributed by atoms with van der Waals surface area (Å²) in [6, 6.07) is 10.8. The molecule has 0 unspecified atom stereocenters. The molecule has 2 aromatic rings. The van der Waals surface area contributed by atoms with E-state index in [1.54, 1.807) is 17.0 Å². The lowest BCUT2D eigenvalue weighted by atomic mass is 10.2. The predicted molar refractivity (Wildman–Crippen MR) is 118 cm³/mol. The van der Waals surface area contributed by atoms with Crippen molar-refractivity contribution in [2.75, 3.05) is 46.0 Å². The molecular weight excluding hydrogens is 439 g/mol. The molecule has 1 heterocycles. The van der Waals surface area contributed by atoms with E-state index in [1.807, 2.05) is 12.1 Å². The number of aromatic carboxylic acids is 1. The van der Waals surface area contributed by atoms with E-state index < -0.39 is 24.1 Å². The summed E-state index contributed by atoms with van der Waals surface area (Å²) in [7, 11) is 0. The maximum Gasteiger partial charge on any atom is 0.339 e. The van der Waals surface area contributed by atoms with E-state index in [1.165, 1.54) is 12.1 Å². The number of hydrogen-bond acceptors (Lipinski definition) is 5. The van der Waals surface area contributed by atoms with Crippen LogP contribution in [-0.4, -0.2) is 72.8 Å².